The molecule has 130 valence electrons. The number of amides is 1. The second-order valence-corrected chi connectivity index (χ2v) is 5.35. The lowest BCUT2D eigenvalue weighted by atomic mass is 10.1. The molecule has 3 rings (SSSR count). The van der Waals surface area contributed by atoms with Crippen molar-refractivity contribution in [2.75, 3.05) is 25.6 Å². The predicted molar refractivity (Wildman–Crippen MR) is 88.5 cm³/mol. The lowest BCUT2D eigenvalue weighted by Crippen LogP contribution is -2.25. The van der Waals surface area contributed by atoms with Gasteiger partial charge in [0.15, 0.2) is 11.5 Å². The van der Waals surface area contributed by atoms with Crippen LogP contribution in [0, 0.1) is 6.92 Å². The fourth-order valence-corrected chi connectivity index (χ4v) is 2.43. The van der Waals surface area contributed by atoms with Crippen LogP contribution in [0.5, 0.6) is 11.5 Å². The Morgan fingerprint density at radius 3 is 2.56 bits per heavy atom. The third kappa shape index (κ3) is 3.32. The lowest BCUT2D eigenvalue weighted by Gasteiger charge is -2.19. The van der Waals surface area contributed by atoms with Crippen LogP contribution < -0.4 is 20.3 Å². The number of carbonyl (C=O) groups is 2. The summed E-state index contributed by atoms with van der Waals surface area (Å²) in [5.41, 5.74) is 0.0945. The van der Waals surface area contributed by atoms with Crippen LogP contribution in [-0.2, 0) is 4.74 Å². The highest BCUT2D eigenvalue weighted by Gasteiger charge is 2.19. The first kappa shape index (κ1) is 16.6. The number of benzene rings is 1. The number of aromatic amines is 1. The van der Waals surface area contributed by atoms with Gasteiger partial charge in [-0.15, -0.1) is 0 Å². The van der Waals surface area contributed by atoms with Crippen LogP contribution in [0.1, 0.15) is 26.4 Å². The van der Waals surface area contributed by atoms with Crippen molar-refractivity contribution in [2.45, 2.75) is 6.92 Å². The molecule has 0 fully saturated rings. The molecule has 2 aromatic rings. The molecule has 2 heterocycles. The van der Waals surface area contributed by atoms with Gasteiger partial charge in [0.1, 0.15) is 18.8 Å². The predicted octanol–water partition coefficient (Wildman–Crippen LogP) is 1.49. The molecule has 0 spiro atoms. The molecule has 1 aliphatic rings. The van der Waals surface area contributed by atoms with E-state index in [9.17, 15) is 14.4 Å². The molecule has 0 bridgehead atoms. The van der Waals surface area contributed by atoms with Crippen molar-refractivity contribution in [2.24, 2.45) is 0 Å². The largest absolute Gasteiger partial charge is 0.486 e. The highest BCUT2D eigenvalue weighted by atomic mass is 16.6. The molecule has 1 aromatic carbocycles. The molecule has 0 saturated heterocycles. The third-order valence-electron chi connectivity index (χ3n) is 3.69. The number of H-pyrrole nitrogens is 1. The number of carbonyl (C=O) groups excluding carboxylic acids is 2. The molecule has 1 amide bonds. The van der Waals surface area contributed by atoms with Crippen LogP contribution in [0.3, 0.4) is 0 Å². The van der Waals surface area contributed by atoms with Gasteiger partial charge in [-0.05, 0) is 25.1 Å². The molecule has 2 N–H and O–H groups in total. The van der Waals surface area contributed by atoms with Crippen molar-refractivity contribution in [3.05, 3.63) is 51.4 Å². The maximum Gasteiger partial charge on any atom is 0.339 e. The number of fused-ring (bicyclic) bond motifs is 1. The van der Waals surface area contributed by atoms with E-state index in [2.05, 4.69) is 15.0 Å². The summed E-state index contributed by atoms with van der Waals surface area (Å²) in [5.74, 6) is -0.187. The molecule has 0 saturated carbocycles. The Morgan fingerprint density at radius 2 is 1.84 bits per heavy atom. The summed E-state index contributed by atoms with van der Waals surface area (Å²) in [4.78, 5) is 38.7. The van der Waals surface area contributed by atoms with E-state index in [0.717, 1.165) is 0 Å². The van der Waals surface area contributed by atoms with Gasteiger partial charge < -0.3 is 24.5 Å². The number of hydrogen-bond acceptors (Lipinski definition) is 6. The Kier molecular flexibility index (Phi) is 4.42. The number of nitrogens with one attached hydrogen (secondary N) is 2. The highest BCUT2D eigenvalue weighted by Crippen LogP contribution is 2.32. The Morgan fingerprint density at radius 1 is 1.12 bits per heavy atom. The maximum atomic E-state index is 12.4. The van der Waals surface area contributed by atoms with Gasteiger partial charge in [0.05, 0.1) is 12.7 Å². The fraction of sp³-hybridized carbons (Fsp3) is 0.235. The smallest absolute Gasteiger partial charge is 0.339 e. The van der Waals surface area contributed by atoms with Crippen LogP contribution in [0.25, 0.3) is 0 Å². The number of rotatable bonds is 3. The van der Waals surface area contributed by atoms with E-state index in [1.165, 1.54) is 13.2 Å². The Labute approximate surface area is 142 Å². The van der Waals surface area contributed by atoms with Gasteiger partial charge in [0.2, 0.25) is 0 Å². The van der Waals surface area contributed by atoms with E-state index in [4.69, 9.17) is 9.47 Å². The number of pyridine rings is 1. The van der Waals surface area contributed by atoms with E-state index in [1.807, 2.05) is 0 Å². The zero-order valence-electron chi connectivity index (χ0n) is 13.7. The van der Waals surface area contributed by atoms with Gasteiger partial charge in [0, 0.05) is 17.4 Å². The van der Waals surface area contributed by atoms with E-state index in [1.54, 1.807) is 25.1 Å². The standard InChI is InChI=1S/C17H16N2O6/c1-9-11(17(22)23-2)8-12(15(20)18-9)16(21)19-10-3-4-13-14(7-10)25-6-5-24-13/h3-4,7-8H,5-6H2,1-2H3,(H,18,20)(H,19,21). The van der Waals surface area contributed by atoms with Crippen LogP contribution >= 0.6 is 0 Å². The van der Waals surface area contributed by atoms with Gasteiger partial charge in [-0.25, -0.2) is 4.79 Å². The van der Waals surface area contributed by atoms with E-state index in [0.29, 0.717) is 36.1 Å². The zero-order valence-corrected chi connectivity index (χ0v) is 13.7. The molecule has 25 heavy (non-hydrogen) atoms. The van der Waals surface area contributed by atoms with Gasteiger partial charge in [-0.3, -0.25) is 9.59 Å². The molecule has 0 unspecified atom stereocenters. The summed E-state index contributed by atoms with van der Waals surface area (Å²) < 4.78 is 15.5. The second kappa shape index (κ2) is 6.68. The number of aromatic nitrogens is 1. The van der Waals surface area contributed by atoms with Crippen molar-refractivity contribution in [3.8, 4) is 11.5 Å². The molecule has 0 aliphatic carbocycles. The zero-order chi connectivity index (χ0) is 18.0. The van der Waals surface area contributed by atoms with Crippen LogP contribution in [-0.4, -0.2) is 37.2 Å². The van der Waals surface area contributed by atoms with Crippen molar-refractivity contribution in [1.82, 2.24) is 4.98 Å². The van der Waals surface area contributed by atoms with Crippen molar-refractivity contribution >= 4 is 17.6 Å². The summed E-state index contributed by atoms with van der Waals surface area (Å²) in [6.07, 6.45) is 0. The molecule has 0 radical (unpaired) electrons. The number of methoxy groups -OCH3 is 1. The number of hydrogen-bond donors (Lipinski definition) is 2. The summed E-state index contributed by atoms with van der Waals surface area (Å²) in [5, 5.41) is 2.61. The van der Waals surface area contributed by atoms with Gasteiger partial charge >= 0.3 is 5.97 Å². The molecular formula is C17H16N2O6. The molecule has 8 heteroatoms. The summed E-state index contributed by atoms with van der Waals surface area (Å²) in [6, 6.07) is 6.13. The molecule has 8 nitrogen and oxygen atoms in total. The number of esters is 1. The number of anilines is 1. The average molecular weight is 344 g/mol. The minimum Gasteiger partial charge on any atom is -0.486 e. The van der Waals surface area contributed by atoms with E-state index >= 15 is 0 Å². The van der Waals surface area contributed by atoms with Crippen molar-refractivity contribution < 1.29 is 23.8 Å². The quantitative estimate of drug-likeness (QED) is 0.817. The molecule has 0 atom stereocenters. The fourth-order valence-electron chi connectivity index (χ4n) is 2.43. The first-order chi connectivity index (χ1) is 12.0. The van der Waals surface area contributed by atoms with Gasteiger partial charge in [-0.2, -0.15) is 0 Å². The van der Waals surface area contributed by atoms with Crippen LogP contribution in [0.2, 0.25) is 0 Å². The maximum absolute atomic E-state index is 12.4. The topological polar surface area (TPSA) is 107 Å². The minimum atomic E-state index is -0.650. The van der Waals surface area contributed by atoms with E-state index < -0.39 is 17.4 Å². The lowest BCUT2D eigenvalue weighted by molar-refractivity contribution is 0.0599. The van der Waals surface area contributed by atoms with Crippen molar-refractivity contribution in [3.63, 3.8) is 0 Å². The Balaban J connectivity index is 1.88. The Bertz CT molecular complexity index is 902. The molecular weight excluding hydrogens is 328 g/mol. The summed E-state index contributed by atoms with van der Waals surface area (Å²) >= 11 is 0. The monoisotopic (exact) mass is 344 g/mol. The van der Waals surface area contributed by atoms with Crippen molar-refractivity contribution in [1.29, 1.82) is 0 Å². The van der Waals surface area contributed by atoms with Crippen LogP contribution in [0.4, 0.5) is 5.69 Å². The SMILES string of the molecule is COC(=O)c1cc(C(=O)Nc2ccc3c(c2)OCCO3)c(=O)[nH]c1C. The van der Waals surface area contributed by atoms with E-state index in [-0.39, 0.29) is 11.1 Å². The van der Waals surface area contributed by atoms with Crippen LogP contribution in [0.15, 0.2) is 29.1 Å². The summed E-state index contributed by atoms with van der Waals surface area (Å²) in [7, 11) is 1.22. The number of ether oxygens (including phenoxy) is 3. The normalized spacial score (nSPS) is 12.4. The average Bonchev–Trinajstić information content (AvgIpc) is 2.61. The Hall–Kier alpha value is -3.29. The third-order valence-corrected chi connectivity index (χ3v) is 3.69. The summed E-state index contributed by atoms with van der Waals surface area (Å²) in [6.45, 7) is 2.44. The molecule has 1 aliphatic heterocycles. The van der Waals surface area contributed by atoms with Gasteiger partial charge in [-0.1, -0.05) is 0 Å². The highest BCUT2D eigenvalue weighted by molar-refractivity contribution is 6.05. The first-order valence-corrected chi connectivity index (χ1v) is 7.53. The first-order valence-electron chi connectivity index (χ1n) is 7.53. The number of aryl methyl sites for hydroxylation is 1. The van der Waals surface area contributed by atoms with Gasteiger partial charge in [0.25, 0.3) is 11.5 Å². The second-order valence-electron chi connectivity index (χ2n) is 5.35. The molecule has 1 aromatic heterocycles. The minimum absolute atomic E-state index is 0.120.